The van der Waals surface area contributed by atoms with Crippen LogP contribution in [0.3, 0.4) is 0 Å². The molecule has 0 unspecified atom stereocenters. The van der Waals surface area contributed by atoms with Crippen LogP contribution in [-0.4, -0.2) is 25.8 Å². The Balaban J connectivity index is 2.25. The number of alkyl halides is 1. The Morgan fingerprint density at radius 3 is 2.44 bits per heavy atom. The molecule has 1 aromatic rings. The molecule has 0 atom stereocenters. The molecule has 0 bridgehead atoms. The summed E-state index contributed by atoms with van der Waals surface area (Å²) in [7, 11) is -3.34. The van der Waals surface area contributed by atoms with E-state index in [-0.39, 0.29) is 0 Å². The molecular formula is C13H16BrNO2S. The minimum Gasteiger partial charge on any atom is -0.207 e. The van der Waals surface area contributed by atoms with E-state index in [1.165, 1.54) is 9.88 Å². The van der Waals surface area contributed by atoms with Crippen molar-refractivity contribution >= 4 is 26.0 Å². The molecule has 0 fully saturated rings. The first kappa shape index (κ1) is 13.8. The van der Waals surface area contributed by atoms with Crippen LogP contribution in [0.5, 0.6) is 0 Å². The van der Waals surface area contributed by atoms with Gasteiger partial charge in [-0.3, -0.25) is 0 Å². The van der Waals surface area contributed by atoms with E-state index in [4.69, 9.17) is 0 Å². The van der Waals surface area contributed by atoms with Crippen LogP contribution in [0, 0.1) is 0 Å². The summed E-state index contributed by atoms with van der Waals surface area (Å²) in [6.07, 6.45) is 2.80. The molecule has 2 rings (SSSR count). The molecule has 1 heterocycles. The average Bonchev–Trinajstić information content (AvgIpc) is 2.39. The van der Waals surface area contributed by atoms with Crippen molar-refractivity contribution in [3.8, 4) is 0 Å². The van der Waals surface area contributed by atoms with E-state index in [0.29, 0.717) is 18.0 Å². The molecule has 18 heavy (non-hydrogen) atoms. The van der Waals surface area contributed by atoms with Gasteiger partial charge in [0.1, 0.15) is 0 Å². The summed E-state index contributed by atoms with van der Waals surface area (Å²) >= 11 is 3.35. The molecule has 0 spiro atoms. The molecule has 1 aromatic carbocycles. The predicted molar refractivity (Wildman–Crippen MR) is 76.2 cm³/mol. The monoisotopic (exact) mass is 329 g/mol. The minimum atomic E-state index is -3.34. The van der Waals surface area contributed by atoms with Crippen molar-refractivity contribution in [1.29, 1.82) is 0 Å². The van der Waals surface area contributed by atoms with Crippen molar-refractivity contribution in [3.05, 3.63) is 41.5 Å². The van der Waals surface area contributed by atoms with E-state index in [1.807, 2.05) is 25.1 Å². The molecule has 0 amide bonds. The first-order chi connectivity index (χ1) is 8.54. The summed E-state index contributed by atoms with van der Waals surface area (Å²) in [6.45, 7) is 3.09. The highest BCUT2D eigenvalue weighted by atomic mass is 79.9. The van der Waals surface area contributed by atoms with Crippen molar-refractivity contribution in [2.45, 2.75) is 23.6 Å². The standard InChI is InChI=1S/C13H16BrNO2S/c1-11-6-8-15(9-7-11)18(16,17)13-4-2-12(10-14)3-5-13/h2-6H,7-10H2,1H3. The molecule has 1 aliphatic heterocycles. The fraction of sp³-hybridized carbons (Fsp3) is 0.385. The van der Waals surface area contributed by atoms with Crippen LogP contribution >= 0.6 is 15.9 Å². The largest absolute Gasteiger partial charge is 0.243 e. The molecule has 5 heteroatoms. The van der Waals surface area contributed by atoms with E-state index < -0.39 is 10.0 Å². The van der Waals surface area contributed by atoms with Crippen molar-refractivity contribution in [2.75, 3.05) is 13.1 Å². The van der Waals surface area contributed by atoms with Gasteiger partial charge in [0.25, 0.3) is 0 Å². The number of benzene rings is 1. The van der Waals surface area contributed by atoms with Crippen LogP contribution < -0.4 is 0 Å². The third kappa shape index (κ3) is 2.84. The second kappa shape index (κ2) is 5.55. The number of rotatable bonds is 3. The summed E-state index contributed by atoms with van der Waals surface area (Å²) in [5.74, 6) is 0. The quantitative estimate of drug-likeness (QED) is 0.631. The second-order valence-corrected chi connectivity index (χ2v) is 6.94. The Kier molecular flexibility index (Phi) is 4.25. The van der Waals surface area contributed by atoms with Crippen LogP contribution in [0.1, 0.15) is 18.9 Å². The lowest BCUT2D eigenvalue weighted by Gasteiger charge is -2.24. The first-order valence-corrected chi connectivity index (χ1v) is 8.41. The number of sulfonamides is 1. The normalized spacial score (nSPS) is 17.6. The highest BCUT2D eigenvalue weighted by molar-refractivity contribution is 9.08. The van der Waals surface area contributed by atoms with Gasteiger partial charge in [-0.1, -0.05) is 39.7 Å². The summed E-state index contributed by atoms with van der Waals surface area (Å²) in [6, 6.07) is 7.04. The Morgan fingerprint density at radius 2 is 1.94 bits per heavy atom. The van der Waals surface area contributed by atoms with Gasteiger partial charge in [-0.25, -0.2) is 8.42 Å². The van der Waals surface area contributed by atoms with Crippen molar-refractivity contribution in [1.82, 2.24) is 4.31 Å². The molecule has 0 N–H and O–H groups in total. The maximum absolute atomic E-state index is 12.4. The number of halogens is 1. The number of hydrogen-bond acceptors (Lipinski definition) is 2. The van der Waals surface area contributed by atoms with E-state index >= 15 is 0 Å². The molecule has 0 saturated carbocycles. The van der Waals surface area contributed by atoms with Crippen molar-refractivity contribution < 1.29 is 8.42 Å². The smallest absolute Gasteiger partial charge is 0.207 e. The highest BCUT2D eigenvalue weighted by Crippen LogP contribution is 2.21. The van der Waals surface area contributed by atoms with Crippen LogP contribution in [0.15, 0.2) is 40.8 Å². The van der Waals surface area contributed by atoms with E-state index in [9.17, 15) is 8.42 Å². The minimum absolute atomic E-state index is 0.375. The summed E-state index contributed by atoms with van der Waals surface area (Å²) in [4.78, 5) is 0.375. The van der Waals surface area contributed by atoms with Gasteiger partial charge in [-0.05, 0) is 31.0 Å². The average molecular weight is 330 g/mol. The zero-order valence-electron chi connectivity index (χ0n) is 10.3. The lowest BCUT2D eigenvalue weighted by atomic mass is 10.1. The third-order valence-electron chi connectivity index (χ3n) is 3.11. The zero-order chi connectivity index (χ0) is 13.2. The Hall–Kier alpha value is -0.650. The fourth-order valence-corrected chi connectivity index (χ4v) is 3.62. The summed E-state index contributed by atoms with van der Waals surface area (Å²) < 4.78 is 26.3. The number of nitrogens with zero attached hydrogens (tertiary/aromatic N) is 1. The van der Waals surface area contributed by atoms with Gasteiger partial charge in [-0.15, -0.1) is 0 Å². The summed E-state index contributed by atoms with van der Waals surface area (Å²) in [5, 5.41) is 0.735. The summed E-state index contributed by atoms with van der Waals surface area (Å²) in [5.41, 5.74) is 2.33. The zero-order valence-corrected chi connectivity index (χ0v) is 12.7. The van der Waals surface area contributed by atoms with Crippen LogP contribution in [0.25, 0.3) is 0 Å². The third-order valence-corrected chi connectivity index (χ3v) is 5.64. The molecule has 0 radical (unpaired) electrons. The van der Waals surface area contributed by atoms with Gasteiger partial charge in [0.2, 0.25) is 10.0 Å². The van der Waals surface area contributed by atoms with Crippen LogP contribution in [0.2, 0.25) is 0 Å². The second-order valence-electron chi connectivity index (χ2n) is 4.44. The number of hydrogen-bond donors (Lipinski definition) is 0. The Bertz CT molecular complexity index is 549. The molecule has 0 saturated heterocycles. The van der Waals surface area contributed by atoms with E-state index in [2.05, 4.69) is 15.9 Å². The SMILES string of the molecule is CC1=CCN(S(=O)(=O)c2ccc(CBr)cc2)CC1. The van der Waals surface area contributed by atoms with Crippen LogP contribution in [-0.2, 0) is 15.4 Å². The maximum atomic E-state index is 12.4. The fourth-order valence-electron chi connectivity index (χ4n) is 1.87. The van der Waals surface area contributed by atoms with Gasteiger partial charge >= 0.3 is 0 Å². The Morgan fingerprint density at radius 1 is 1.28 bits per heavy atom. The molecule has 3 nitrogen and oxygen atoms in total. The van der Waals surface area contributed by atoms with Gasteiger partial charge in [0, 0.05) is 18.4 Å². The maximum Gasteiger partial charge on any atom is 0.243 e. The first-order valence-electron chi connectivity index (χ1n) is 5.85. The van der Waals surface area contributed by atoms with Gasteiger partial charge < -0.3 is 0 Å². The predicted octanol–water partition coefficient (Wildman–Crippen LogP) is 2.92. The van der Waals surface area contributed by atoms with Crippen LogP contribution in [0.4, 0.5) is 0 Å². The molecule has 0 aromatic heterocycles. The molecular weight excluding hydrogens is 314 g/mol. The lowest BCUT2D eigenvalue weighted by Crippen LogP contribution is -2.34. The van der Waals surface area contributed by atoms with Crippen molar-refractivity contribution in [3.63, 3.8) is 0 Å². The molecule has 0 aliphatic carbocycles. The molecule has 1 aliphatic rings. The topological polar surface area (TPSA) is 37.4 Å². The van der Waals surface area contributed by atoms with E-state index in [0.717, 1.165) is 17.3 Å². The van der Waals surface area contributed by atoms with Gasteiger partial charge in [-0.2, -0.15) is 4.31 Å². The van der Waals surface area contributed by atoms with Gasteiger partial charge in [0.15, 0.2) is 0 Å². The highest BCUT2D eigenvalue weighted by Gasteiger charge is 2.25. The van der Waals surface area contributed by atoms with Crippen molar-refractivity contribution in [2.24, 2.45) is 0 Å². The lowest BCUT2D eigenvalue weighted by molar-refractivity contribution is 0.431. The Labute approximate surface area is 117 Å². The van der Waals surface area contributed by atoms with Gasteiger partial charge in [0.05, 0.1) is 4.90 Å². The molecule has 98 valence electrons. The van der Waals surface area contributed by atoms with E-state index in [1.54, 1.807) is 12.1 Å².